The summed E-state index contributed by atoms with van der Waals surface area (Å²) in [6.45, 7) is 0. The van der Waals surface area contributed by atoms with Crippen LogP contribution in [0.2, 0.25) is 0 Å². The van der Waals surface area contributed by atoms with Crippen molar-refractivity contribution in [2.45, 2.75) is 0 Å². The Hall–Kier alpha value is -1.10. The van der Waals surface area contributed by atoms with E-state index in [-0.39, 0.29) is 0 Å². The third-order valence-electron chi connectivity index (χ3n) is 6.28. The fraction of sp³-hybridized carbons (Fsp3) is 0. The van der Waals surface area contributed by atoms with Crippen LogP contribution in [0.5, 0.6) is 0 Å². The highest BCUT2D eigenvalue weighted by Gasteiger charge is 2.22. The summed E-state index contributed by atoms with van der Waals surface area (Å²) in [6, 6.07) is 30.3. The highest BCUT2D eigenvalue weighted by atomic mass is 79.9. The van der Waals surface area contributed by atoms with E-state index in [1.54, 1.807) is 0 Å². The summed E-state index contributed by atoms with van der Waals surface area (Å²) in [6.07, 6.45) is 0. The molecule has 0 bridgehead atoms. The van der Waals surface area contributed by atoms with Gasteiger partial charge in [-0.2, -0.15) is 0 Å². The van der Waals surface area contributed by atoms with Crippen molar-refractivity contribution in [2.75, 3.05) is 0 Å². The van der Waals surface area contributed by atoms with Crippen LogP contribution in [0.15, 0.2) is 103 Å². The van der Waals surface area contributed by atoms with Gasteiger partial charge in [0.25, 0.3) is 0 Å². The maximum atomic E-state index is 3.93. The number of benzene rings is 3. The van der Waals surface area contributed by atoms with Crippen molar-refractivity contribution in [2.24, 2.45) is 0 Å². The van der Waals surface area contributed by atoms with Gasteiger partial charge >= 0.3 is 0 Å². The summed E-state index contributed by atoms with van der Waals surface area (Å²) in [4.78, 5) is 5.08. The molecule has 0 radical (unpaired) electrons. The van der Waals surface area contributed by atoms with Gasteiger partial charge in [0.1, 0.15) is 0 Å². The van der Waals surface area contributed by atoms with Crippen LogP contribution in [0.1, 0.15) is 0 Å². The number of thiophene rings is 4. The van der Waals surface area contributed by atoms with E-state index in [0.29, 0.717) is 0 Å². The lowest BCUT2D eigenvalue weighted by atomic mass is 10.1. The molecule has 0 aliphatic heterocycles. The van der Waals surface area contributed by atoms with Gasteiger partial charge in [-0.25, -0.2) is 0 Å². The van der Waals surface area contributed by atoms with Gasteiger partial charge in [-0.15, -0.1) is 45.3 Å². The van der Waals surface area contributed by atoms with E-state index in [1.807, 2.05) is 45.3 Å². The fourth-order valence-electron chi connectivity index (χ4n) is 4.45. The quantitative estimate of drug-likeness (QED) is 0.166. The van der Waals surface area contributed by atoms with Crippen molar-refractivity contribution in [1.82, 2.24) is 0 Å². The highest BCUT2D eigenvalue weighted by molar-refractivity contribution is 9.11. The van der Waals surface area contributed by atoms with Gasteiger partial charge in [-0.05, 0) is 67.3 Å². The van der Waals surface area contributed by atoms with Crippen LogP contribution < -0.4 is 0 Å². The predicted octanol–water partition coefficient (Wildman–Crippen LogP) is 14.0. The Morgan fingerprint density at radius 3 is 1.21 bits per heavy atom. The van der Waals surface area contributed by atoms with E-state index in [2.05, 4.69) is 149 Å². The molecule has 0 spiro atoms. The lowest BCUT2D eigenvalue weighted by Gasteiger charge is -2.10. The van der Waals surface area contributed by atoms with E-state index >= 15 is 0 Å². The molecule has 0 fully saturated rings. The summed E-state index contributed by atoms with van der Waals surface area (Å²) in [7, 11) is 0. The normalized spacial score (nSPS) is 11.7. The van der Waals surface area contributed by atoms with Crippen molar-refractivity contribution in [3.8, 4) is 41.8 Å². The topological polar surface area (TPSA) is 0 Å². The number of hydrogen-bond donors (Lipinski definition) is 0. The van der Waals surface area contributed by atoms with Crippen molar-refractivity contribution in [1.29, 1.82) is 0 Å². The van der Waals surface area contributed by atoms with Gasteiger partial charge in [-0.1, -0.05) is 92.5 Å². The average molecular weight is 822 g/mol. The lowest BCUT2D eigenvalue weighted by molar-refractivity contribution is 1.59. The minimum Gasteiger partial charge on any atom is -0.133 e. The van der Waals surface area contributed by atoms with Gasteiger partial charge in [-0.3, -0.25) is 0 Å². The van der Waals surface area contributed by atoms with Crippen molar-refractivity contribution < 1.29 is 0 Å². The Labute approximate surface area is 269 Å². The zero-order chi connectivity index (χ0) is 26.0. The molecule has 3 aromatic carbocycles. The smallest absolute Gasteiger partial charge is 0.0606 e. The molecule has 0 saturated heterocycles. The molecular weight excluding hydrogens is 808 g/mol. The SMILES string of the molecule is Brc1cc(-c2sc3cc(-c4ccccc4)sc3c2Br)c(Br)cc1-c1sc2cc(-c3ccccc3)sc2c1Br. The first-order chi connectivity index (χ1) is 18.5. The van der Waals surface area contributed by atoms with Gasteiger partial charge in [0.05, 0.1) is 28.1 Å². The molecule has 0 atom stereocenters. The molecule has 8 heteroatoms. The van der Waals surface area contributed by atoms with Crippen LogP contribution in [0.4, 0.5) is 0 Å². The zero-order valence-electron chi connectivity index (χ0n) is 19.2. The van der Waals surface area contributed by atoms with Crippen LogP contribution in [0.3, 0.4) is 0 Å². The lowest BCUT2D eigenvalue weighted by Crippen LogP contribution is -1.83. The predicted molar refractivity (Wildman–Crippen MR) is 186 cm³/mol. The summed E-state index contributed by atoms with van der Waals surface area (Å²) >= 11 is 23.0. The van der Waals surface area contributed by atoms with E-state index in [0.717, 1.165) is 17.9 Å². The second-order valence-electron chi connectivity index (χ2n) is 8.64. The average Bonchev–Trinajstić information content (AvgIpc) is 3.69. The monoisotopic (exact) mass is 818 g/mol. The number of halogens is 4. The van der Waals surface area contributed by atoms with Gasteiger partial charge in [0.2, 0.25) is 0 Å². The van der Waals surface area contributed by atoms with Crippen LogP contribution in [0, 0.1) is 0 Å². The Morgan fingerprint density at radius 1 is 0.447 bits per heavy atom. The molecule has 4 heterocycles. The Bertz CT molecular complexity index is 1820. The molecule has 0 unspecified atom stereocenters. The minimum atomic E-state index is 1.09. The maximum Gasteiger partial charge on any atom is 0.0606 e. The zero-order valence-corrected chi connectivity index (χ0v) is 28.8. The number of fused-ring (bicyclic) bond motifs is 2. The second-order valence-corrected chi connectivity index (χ2v) is 16.1. The summed E-state index contributed by atoms with van der Waals surface area (Å²) in [5.74, 6) is 0. The molecular formula is C30H14Br4S4. The van der Waals surface area contributed by atoms with Gasteiger partial charge in [0.15, 0.2) is 0 Å². The van der Waals surface area contributed by atoms with Crippen LogP contribution in [-0.4, -0.2) is 0 Å². The summed E-state index contributed by atoms with van der Waals surface area (Å²) in [5.41, 5.74) is 4.89. The van der Waals surface area contributed by atoms with Crippen LogP contribution >= 0.6 is 109 Å². The maximum absolute atomic E-state index is 3.93. The van der Waals surface area contributed by atoms with Crippen molar-refractivity contribution in [3.05, 3.63) is 103 Å². The molecule has 0 aliphatic carbocycles. The molecule has 0 aliphatic rings. The first kappa shape index (κ1) is 25.8. The minimum absolute atomic E-state index is 1.09. The van der Waals surface area contributed by atoms with E-state index in [4.69, 9.17) is 0 Å². The van der Waals surface area contributed by atoms with Crippen molar-refractivity contribution >= 4 is 128 Å². The van der Waals surface area contributed by atoms with E-state index in [9.17, 15) is 0 Å². The Morgan fingerprint density at radius 2 is 0.842 bits per heavy atom. The molecule has 7 rings (SSSR count). The molecule has 0 saturated carbocycles. The van der Waals surface area contributed by atoms with Crippen molar-refractivity contribution in [3.63, 3.8) is 0 Å². The van der Waals surface area contributed by atoms with E-state index in [1.165, 1.54) is 60.6 Å². The molecule has 0 N–H and O–H groups in total. The largest absolute Gasteiger partial charge is 0.133 e. The van der Waals surface area contributed by atoms with Crippen LogP contribution in [-0.2, 0) is 0 Å². The third-order valence-corrected chi connectivity index (χ3v) is 15.2. The van der Waals surface area contributed by atoms with Gasteiger partial charge < -0.3 is 0 Å². The molecule has 38 heavy (non-hydrogen) atoms. The second kappa shape index (κ2) is 10.4. The van der Waals surface area contributed by atoms with Gasteiger partial charge in [0, 0.05) is 39.2 Å². The Kier molecular flexibility index (Phi) is 7.06. The summed E-state index contributed by atoms with van der Waals surface area (Å²) < 4.78 is 9.70. The third kappa shape index (κ3) is 4.45. The number of rotatable bonds is 4. The summed E-state index contributed by atoms with van der Waals surface area (Å²) in [5, 5.41) is 0. The van der Waals surface area contributed by atoms with E-state index < -0.39 is 0 Å². The standard InChI is InChI=1S/C30H14Br4S4/c31-19-12-18(28-26(34)30-24(38-28)14-22(36-30)16-9-5-2-6-10-16)20(32)11-17(19)27-25(33)29-23(37-27)13-21(35-29)15-7-3-1-4-8-15/h1-14H. The molecule has 4 aromatic heterocycles. The Balaban J connectivity index is 1.27. The first-order valence-corrected chi connectivity index (χ1v) is 18.0. The molecule has 7 aromatic rings. The highest BCUT2D eigenvalue weighted by Crippen LogP contribution is 2.53. The van der Waals surface area contributed by atoms with Crippen LogP contribution in [0.25, 0.3) is 60.6 Å². The fourth-order valence-corrected chi connectivity index (χ4v) is 12.8. The molecule has 0 amide bonds. The molecule has 186 valence electrons. The number of hydrogen-bond acceptors (Lipinski definition) is 4. The first-order valence-electron chi connectivity index (χ1n) is 11.5. The molecule has 0 nitrogen and oxygen atoms in total.